The molecular weight excluding hydrogens is 288 g/mol. The number of ether oxygens (including phenoxy) is 1. The predicted molar refractivity (Wildman–Crippen MR) is 97.2 cm³/mol. The summed E-state index contributed by atoms with van der Waals surface area (Å²) in [4.78, 5) is 12.0. The minimum atomic E-state index is -0.834. The fourth-order valence-electron chi connectivity index (χ4n) is 2.05. The minimum absolute atomic E-state index is 0.0740. The summed E-state index contributed by atoms with van der Waals surface area (Å²) in [6, 6.07) is 0. The highest BCUT2D eigenvalue weighted by Crippen LogP contribution is 2.18. The first-order valence-corrected chi connectivity index (χ1v) is 8.48. The summed E-state index contributed by atoms with van der Waals surface area (Å²) in [6.07, 6.45) is 8.31. The summed E-state index contributed by atoms with van der Waals surface area (Å²) >= 11 is 0. The van der Waals surface area contributed by atoms with E-state index >= 15 is 0 Å². The Morgan fingerprint density at radius 3 is 2.43 bits per heavy atom. The van der Waals surface area contributed by atoms with E-state index in [1.54, 1.807) is 13.0 Å². The van der Waals surface area contributed by atoms with Crippen molar-refractivity contribution in [1.82, 2.24) is 0 Å². The van der Waals surface area contributed by atoms with Gasteiger partial charge in [0.05, 0.1) is 11.5 Å². The van der Waals surface area contributed by atoms with Crippen LogP contribution in [0.5, 0.6) is 0 Å². The third kappa shape index (κ3) is 10.1. The van der Waals surface area contributed by atoms with E-state index in [-0.39, 0.29) is 18.0 Å². The highest BCUT2D eigenvalue weighted by Gasteiger charge is 2.18. The van der Waals surface area contributed by atoms with E-state index in [9.17, 15) is 9.90 Å². The van der Waals surface area contributed by atoms with E-state index in [4.69, 9.17) is 4.74 Å². The maximum atomic E-state index is 12.0. The Bertz CT molecular complexity index is 440. The van der Waals surface area contributed by atoms with Gasteiger partial charge in [0.25, 0.3) is 0 Å². The molecule has 0 fully saturated rings. The third-order valence-electron chi connectivity index (χ3n) is 3.91. The molecule has 3 heteroatoms. The van der Waals surface area contributed by atoms with Crippen molar-refractivity contribution in [1.29, 1.82) is 0 Å². The lowest BCUT2D eigenvalue weighted by molar-refractivity contribution is -0.151. The Labute approximate surface area is 142 Å². The summed E-state index contributed by atoms with van der Waals surface area (Å²) in [5, 5.41) is 9.92. The molecule has 0 saturated carbocycles. The molecule has 0 radical (unpaired) electrons. The molecule has 0 aromatic rings. The zero-order valence-electron chi connectivity index (χ0n) is 15.7. The van der Waals surface area contributed by atoms with Crippen molar-refractivity contribution >= 4 is 5.97 Å². The number of esters is 1. The number of allylic oxidation sites excluding steroid dienone is 2. The number of rotatable bonds is 10. The molecule has 0 heterocycles. The van der Waals surface area contributed by atoms with Crippen molar-refractivity contribution in [3.63, 3.8) is 0 Å². The van der Waals surface area contributed by atoms with Gasteiger partial charge in [0.1, 0.15) is 6.10 Å². The third-order valence-corrected chi connectivity index (χ3v) is 3.91. The van der Waals surface area contributed by atoms with Crippen LogP contribution in [0.3, 0.4) is 0 Å². The quantitative estimate of drug-likeness (QED) is 0.456. The van der Waals surface area contributed by atoms with Gasteiger partial charge in [-0.2, -0.15) is 0 Å². The van der Waals surface area contributed by atoms with Crippen molar-refractivity contribution in [2.24, 2.45) is 5.92 Å². The molecule has 0 spiro atoms. The maximum absolute atomic E-state index is 12.0. The molecule has 0 aliphatic rings. The van der Waals surface area contributed by atoms with Crippen LogP contribution in [0.1, 0.15) is 67.2 Å². The maximum Gasteiger partial charge on any atom is 0.309 e. The Kier molecular flexibility index (Phi) is 9.82. The molecule has 23 heavy (non-hydrogen) atoms. The van der Waals surface area contributed by atoms with Crippen LogP contribution in [0.15, 0.2) is 36.0 Å². The lowest BCUT2D eigenvalue weighted by Gasteiger charge is -2.19. The van der Waals surface area contributed by atoms with Gasteiger partial charge in [-0.25, -0.2) is 0 Å². The second kappa shape index (κ2) is 10.4. The molecule has 0 aromatic carbocycles. The van der Waals surface area contributed by atoms with Gasteiger partial charge in [-0.15, -0.1) is 6.58 Å². The molecule has 0 amide bonds. The van der Waals surface area contributed by atoms with Crippen LogP contribution < -0.4 is 0 Å². The highest BCUT2D eigenvalue weighted by molar-refractivity contribution is 5.72. The number of carbonyl (C=O) groups excluding carboxylic acids is 1. The van der Waals surface area contributed by atoms with Crippen LogP contribution in [0, 0.1) is 5.92 Å². The van der Waals surface area contributed by atoms with Gasteiger partial charge in [-0.05, 0) is 53.0 Å². The largest absolute Gasteiger partial charge is 0.458 e. The summed E-state index contributed by atoms with van der Waals surface area (Å²) < 4.78 is 5.63. The van der Waals surface area contributed by atoms with Crippen LogP contribution in [0.4, 0.5) is 0 Å². The minimum Gasteiger partial charge on any atom is -0.458 e. The highest BCUT2D eigenvalue weighted by atomic mass is 16.5. The lowest BCUT2D eigenvalue weighted by atomic mass is 9.98. The molecule has 3 nitrogen and oxygen atoms in total. The van der Waals surface area contributed by atoms with Crippen molar-refractivity contribution in [3.8, 4) is 0 Å². The average Bonchev–Trinajstić information content (AvgIpc) is 2.45. The summed E-state index contributed by atoms with van der Waals surface area (Å²) in [5.41, 5.74) is 1.46. The SMILES string of the molecule is C=CC(C)(O)CC/C=C(\C)CC(C=C(C)C)OC(=O)C(C)CC. The number of carbonyl (C=O) groups is 1. The molecule has 0 rings (SSSR count). The normalized spacial score (nSPS) is 16.9. The zero-order valence-corrected chi connectivity index (χ0v) is 15.7. The van der Waals surface area contributed by atoms with Gasteiger partial charge < -0.3 is 9.84 Å². The van der Waals surface area contributed by atoms with Gasteiger partial charge in [0, 0.05) is 6.42 Å². The molecule has 0 saturated heterocycles. The van der Waals surface area contributed by atoms with Crippen molar-refractivity contribution in [2.45, 2.75) is 78.9 Å². The zero-order chi connectivity index (χ0) is 18.0. The number of aliphatic hydroxyl groups is 1. The second-order valence-electron chi connectivity index (χ2n) is 6.88. The molecule has 1 N–H and O–H groups in total. The number of hydrogen-bond acceptors (Lipinski definition) is 3. The first-order chi connectivity index (χ1) is 10.6. The first-order valence-electron chi connectivity index (χ1n) is 8.48. The molecule has 0 aliphatic carbocycles. The Hall–Kier alpha value is -1.35. The van der Waals surface area contributed by atoms with Gasteiger partial charge in [-0.1, -0.05) is 37.1 Å². The standard InChI is InChI=1S/C20H34O3/c1-8-17(6)19(21)23-18(13-15(3)4)14-16(5)11-10-12-20(7,22)9-2/h9,11,13,17-18,22H,2,8,10,12,14H2,1,3-7H3/b16-11+. The van der Waals surface area contributed by atoms with Crippen molar-refractivity contribution in [3.05, 3.63) is 36.0 Å². The van der Waals surface area contributed by atoms with E-state index in [0.717, 1.165) is 24.0 Å². The Morgan fingerprint density at radius 2 is 1.96 bits per heavy atom. The van der Waals surface area contributed by atoms with Gasteiger partial charge in [0.2, 0.25) is 0 Å². The Morgan fingerprint density at radius 1 is 1.35 bits per heavy atom. The average molecular weight is 322 g/mol. The van der Waals surface area contributed by atoms with Crippen molar-refractivity contribution in [2.75, 3.05) is 0 Å². The Balaban J connectivity index is 4.73. The van der Waals surface area contributed by atoms with Crippen molar-refractivity contribution < 1.29 is 14.6 Å². The summed E-state index contributed by atoms with van der Waals surface area (Å²) in [5.74, 6) is -0.215. The molecule has 3 atom stereocenters. The topological polar surface area (TPSA) is 46.5 Å². The van der Waals surface area contributed by atoms with E-state index in [2.05, 4.69) is 12.7 Å². The summed E-state index contributed by atoms with van der Waals surface area (Å²) in [7, 11) is 0. The summed E-state index contributed by atoms with van der Waals surface area (Å²) in [6.45, 7) is 15.3. The van der Waals surface area contributed by atoms with Gasteiger partial charge in [0.15, 0.2) is 0 Å². The number of hydrogen-bond donors (Lipinski definition) is 1. The van der Waals surface area contributed by atoms with E-state index in [1.165, 1.54) is 0 Å². The molecule has 0 bridgehead atoms. The molecular formula is C20H34O3. The predicted octanol–water partition coefficient (Wildman–Crippen LogP) is 4.96. The van der Waals surface area contributed by atoms with Crippen LogP contribution in [-0.4, -0.2) is 22.8 Å². The molecule has 0 aromatic heterocycles. The van der Waals surface area contributed by atoms with E-state index < -0.39 is 5.60 Å². The molecule has 0 aliphatic heterocycles. The van der Waals surface area contributed by atoms with Crippen LogP contribution in [0.25, 0.3) is 0 Å². The second-order valence-corrected chi connectivity index (χ2v) is 6.88. The first kappa shape index (κ1) is 21.6. The van der Waals surface area contributed by atoms with Crippen LogP contribution >= 0.6 is 0 Å². The fourth-order valence-corrected chi connectivity index (χ4v) is 2.05. The van der Waals surface area contributed by atoms with Crippen LogP contribution in [0.2, 0.25) is 0 Å². The van der Waals surface area contributed by atoms with E-state index in [0.29, 0.717) is 12.8 Å². The smallest absolute Gasteiger partial charge is 0.309 e. The monoisotopic (exact) mass is 322 g/mol. The van der Waals surface area contributed by atoms with Crippen LogP contribution in [-0.2, 0) is 9.53 Å². The lowest BCUT2D eigenvalue weighted by Crippen LogP contribution is -2.22. The fraction of sp³-hybridized carbons (Fsp3) is 0.650. The molecule has 3 unspecified atom stereocenters. The van der Waals surface area contributed by atoms with Gasteiger partial charge >= 0.3 is 5.97 Å². The van der Waals surface area contributed by atoms with E-state index in [1.807, 2.05) is 40.7 Å². The van der Waals surface area contributed by atoms with Gasteiger partial charge in [-0.3, -0.25) is 4.79 Å². The molecule has 132 valence electrons.